The zero-order chi connectivity index (χ0) is 14.4. The van der Waals surface area contributed by atoms with Crippen LogP contribution >= 0.6 is 15.9 Å². The number of alkyl halides is 1. The Hall–Kier alpha value is -1.13. The van der Waals surface area contributed by atoms with Gasteiger partial charge in [0.2, 0.25) is 0 Å². The quantitative estimate of drug-likeness (QED) is 0.716. The predicted molar refractivity (Wildman–Crippen MR) is 87.0 cm³/mol. The van der Waals surface area contributed by atoms with Crippen molar-refractivity contribution in [3.05, 3.63) is 53.9 Å². The van der Waals surface area contributed by atoms with Gasteiger partial charge >= 0.3 is 0 Å². The molecule has 0 aliphatic heterocycles. The standard InChI is InChI=1S/C16H22BrN3/c1-14(2)20-10-8-16(18-20)13-19(11-9-17)12-15-6-4-3-5-7-15/h3-8,10,14H,9,11-13H2,1-2H3. The van der Waals surface area contributed by atoms with Crippen molar-refractivity contribution in [3.8, 4) is 0 Å². The molecule has 0 aliphatic carbocycles. The molecule has 0 spiro atoms. The first-order valence-electron chi connectivity index (χ1n) is 7.05. The van der Waals surface area contributed by atoms with Crippen LogP contribution in [0.3, 0.4) is 0 Å². The lowest BCUT2D eigenvalue weighted by molar-refractivity contribution is 0.269. The average molecular weight is 336 g/mol. The highest BCUT2D eigenvalue weighted by Crippen LogP contribution is 2.11. The van der Waals surface area contributed by atoms with Crippen molar-refractivity contribution in [2.24, 2.45) is 0 Å². The second kappa shape index (κ2) is 7.60. The number of halogens is 1. The first-order valence-corrected chi connectivity index (χ1v) is 8.17. The Labute approximate surface area is 129 Å². The highest BCUT2D eigenvalue weighted by Gasteiger charge is 2.09. The van der Waals surface area contributed by atoms with Crippen LogP contribution in [0.25, 0.3) is 0 Å². The largest absolute Gasteiger partial charge is 0.292 e. The van der Waals surface area contributed by atoms with Crippen molar-refractivity contribution in [3.63, 3.8) is 0 Å². The van der Waals surface area contributed by atoms with Gasteiger partial charge in [-0.1, -0.05) is 46.3 Å². The van der Waals surface area contributed by atoms with Crippen molar-refractivity contribution in [2.75, 3.05) is 11.9 Å². The summed E-state index contributed by atoms with van der Waals surface area (Å²) in [5, 5.41) is 5.61. The lowest BCUT2D eigenvalue weighted by Crippen LogP contribution is -2.25. The highest BCUT2D eigenvalue weighted by atomic mass is 79.9. The molecule has 0 unspecified atom stereocenters. The third kappa shape index (κ3) is 4.46. The molecule has 20 heavy (non-hydrogen) atoms. The summed E-state index contributed by atoms with van der Waals surface area (Å²) in [6.45, 7) is 7.17. The maximum absolute atomic E-state index is 4.63. The van der Waals surface area contributed by atoms with Gasteiger partial charge in [0.15, 0.2) is 0 Å². The maximum Gasteiger partial charge on any atom is 0.0765 e. The van der Waals surface area contributed by atoms with E-state index in [0.717, 1.165) is 30.7 Å². The van der Waals surface area contributed by atoms with Gasteiger partial charge in [0.05, 0.1) is 5.69 Å². The summed E-state index contributed by atoms with van der Waals surface area (Å²) in [6.07, 6.45) is 2.06. The molecule has 108 valence electrons. The zero-order valence-electron chi connectivity index (χ0n) is 12.2. The SMILES string of the molecule is CC(C)n1ccc(CN(CCBr)Cc2ccccc2)n1. The lowest BCUT2D eigenvalue weighted by atomic mass is 10.2. The summed E-state index contributed by atoms with van der Waals surface area (Å²) in [4.78, 5) is 2.41. The van der Waals surface area contributed by atoms with Crippen LogP contribution in [0.1, 0.15) is 31.1 Å². The van der Waals surface area contributed by atoms with Gasteiger partial charge in [-0.15, -0.1) is 0 Å². The molecule has 1 heterocycles. The Bertz CT molecular complexity index is 507. The van der Waals surface area contributed by atoms with E-state index < -0.39 is 0 Å². The van der Waals surface area contributed by atoms with E-state index in [1.807, 2.05) is 4.68 Å². The zero-order valence-corrected chi connectivity index (χ0v) is 13.8. The van der Waals surface area contributed by atoms with E-state index in [4.69, 9.17) is 0 Å². The number of hydrogen-bond donors (Lipinski definition) is 0. The van der Waals surface area contributed by atoms with E-state index in [2.05, 4.69) is 82.4 Å². The summed E-state index contributed by atoms with van der Waals surface area (Å²) in [5.41, 5.74) is 2.48. The van der Waals surface area contributed by atoms with Crippen LogP contribution in [0, 0.1) is 0 Å². The molecule has 1 aromatic carbocycles. The molecule has 4 heteroatoms. The Kier molecular flexibility index (Phi) is 5.80. The minimum Gasteiger partial charge on any atom is -0.292 e. The van der Waals surface area contributed by atoms with E-state index in [1.54, 1.807) is 0 Å². The molecule has 0 atom stereocenters. The van der Waals surface area contributed by atoms with Crippen molar-refractivity contribution >= 4 is 15.9 Å². The fourth-order valence-electron chi connectivity index (χ4n) is 2.15. The molecule has 2 aromatic rings. The van der Waals surface area contributed by atoms with Crippen molar-refractivity contribution in [2.45, 2.75) is 33.0 Å². The van der Waals surface area contributed by atoms with Crippen molar-refractivity contribution in [1.29, 1.82) is 0 Å². The number of benzene rings is 1. The van der Waals surface area contributed by atoms with Crippen LogP contribution in [-0.2, 0) is 13.1 Å². The molecule has 0 aliphatic rings. The van der Waals surface area contributed by atoms with Gasteiger partial charge in [-0.3, -0.25) is 9.58 Å². The van der Waals surface area contributed by atoms with E-state index in [9.17, 15) is 0 Å². The summed E-state index contributed by atoms with van der Waals surface area (Å²) >= 11 is 3.54. The van der Waals surface area contributed by atoms with E-state index in [-0.39, 0.29) is 0 Å². The molecule has 0 radical (unpaired) electrons. The van der Waals surface area contributed by atoms with E-state index in [1.165, 1.54) is 5.56 Å². The summed E-state index contributed by atoms with van der Waals surface area (Å²) in [7, 11) is 0. The number of hydrogen-bond acceptors (Lipinski definition) is 2. The summed E-state index contributed by atoms with van der Waals surface area (Å²) < 4.78 is 2.02. The van der Waals surface area contributed by atoms with Crippen LogP contribution in [-0.4, -0.2) is 26.6 Å². The molecule has 0 bridgehead atoms. The van der Waals surface area contributed by atoms with Gasteiger partial charge in [-0.05, 0) is 25.5 Å². The fourth-order valence-corrected chi connectivity index (χ4v) is 2.66. The number of aromatic nitrogens is 2. The van der Waals surface area contributed by atoms with Gasteiger partial charge in [0.25, 0.3) is 0 Å². The maximum atomic E-state index is 4.63. The number of nitrogens with zero attached hydrogens (tertiary/aromatic N) is 3. The molecular weight excluding hydrogens is 314 g/mol. The van der Waals surface area contributed by atoms with Crippen LogP contribution in [0.5, 0.6) is 0 Å². The second-order valence-electron chi connectivity index (χ2n) is 5.27. The van der Waals surface area contributed by atoms with E-state index in [0.29, 0.717) is 6.04 Å². The Balaban J connectivity index is 2.01. The minimum absolute atomic E-state index is 0.419. The third-order valence-corrected chi connectivity index (χ3v) is 3.58. The van der Waals surface area contributed by atoms with Gasteiger partial charge in [0.1, 0.15) is 0 Å². The first kappa shape index (κ1) is 15.3. The van der Waals surface area contributed by atoms with Crippen LogP contribution in [0.4, 0.5) is 0 Å². The first-order chi connectivity index (χ1) is 9.69. The molecule has 0 fully saturated rings. The summed E-state index contributed by atoms with van der Waals surface area (Å²) in [6, 6.07) is 13.1. The smallest absolute Gasteiger partial charge is 0.0765 e. The normalized spacial score (nSPS) is 11.4. The van der Waals surface area contributed by atoms with Gasteiger partial charge in [-0.2, -0.15) is 5.10 Å². The van der Waals surface area contributed by atoms with Crippen LogP contribution in [0.2, 0.25) is 0 Å². The second-order valence-corrected chi connectivity index (χ2v) is 6.06. The fraction of sp³-hybridized carbons (Fsp3) is 0.438. The summed E-state index contributed by atoms with van der Waals surface area (Å²) in [5.74, 6) is 0. The predicted octanol–water partition coefficient (Wildman–Crippen LogP) is 3.86. The van der Waals surface area contributed by atoms with Gasteiger partial charge in [0, 0.05) is 37.2 Å². The Morgan fingerprint density at radius 1 is 1.15 bits per heavy atom. The molecule has 0 N–H and O–H groups in total. The molecule has 3 nitrogen and oxygen atoms in total. The lowest BCUT2D eigenvalue weighted by Gasteiger charge is -2.20. The molecule has 0 saturated carbocycles. The molecule has 2 rings (SSSR count). The van der Waals surface area contributed by atoms with Gasteiger partial charge in [-0.25, -0.2) is 0 Å². The number of rotatable bonds is 7. The van der Waals surface area contributed by atoms with Crippen LogP contribution < -0.4 is 0 Å². The van der Waals surface area contributed by atoms with Crippen LogP contribution in [0.15, 0.2) is 42.6 Å². The van der Waals surface area contributed by atoms with Gasteiger partial charge < -0.3 is 0 Å². The molecule has 0 saturated heterocycles. The third-order valence-electron chi connectivity index (χ3n) is 3.23. The average Bonchev–Trinajstić information content (AvgIpc) is 2.89. The van der Waals surface area contributed by atoms with E-state index >= 15 is 0 Å². The molecule has 0 amide bonds. The van der Waals surface area contributed by atoms with Crippen molar-refractivity contribution in [1.82, 2.24) is 14.7 Å². The minimum atomic E-state index is 0.419. The molecular formula is C16H22BrN3. The topological polar surface area (TPSA) is 21.1 Å². The Morgan fingerprint density at radius 2 is 1.90 bits per heavy atom. The van der Waals surface area contributed by atoms with Crippen molar-refractivity contribution < 1.29 is 0 Å². The monoisotopic (exact) mass is 335 g/mol. The highest BCUT2D eigenvalue weighted by molar-refractivity contribution is 9.09. The Morgan fingerprint density at radius 3 is 2.50 bits per heavy atom. The molecule has 1 aromatic heterocycles.